The molecular formula is C9H11BrN2O3. The maximum absolute atomic E-state index is 11.0. The fraction of sp³-hybridized carbons (Fsp3) is 0.556. The molecule has 0 aliphatic carbocycles. The van der Waals surface area contributed by atoms with Crippen molar-refractivity contribution >= 4 is 21.9 Å². The Balaban J connectivity index is 2.30. The minimum Gasteiger partial charge on any atom is -0.477 e. The number of hydrogen-bond acceptors (Lipinski definition) is 3. The third-order valence-corrected chi connectivity index (χ3v) is 3.08. The van der Waals surface area contributed by atoms with E-state index in [-0.39, 0.29) is 11.8 Å². The van der Waals surface area contributed by atoms with Gasteiger partial charge in [0, 0.05) is 6.61 Å². The second-order valence-electron chi connectivity index (χ2n) is 3.51. The van der Waals surface area contributed by atoms with Gasteiger partial charge in [-0.05, 0) is 29.3 Å². The van der Waals surface area contributed by atoms with E-state index in [1.807, 2.05) is 0 Å². The van der Waals surface area contributed by atoms with Crippen LogP contribution in [0.15, 0.2) is 4.73 Å². The van der Waals surface area contributed by atoms with E-state index in [0.29, 0.717) is 17.0 Å². The molecule has 0 radical (unpaired) electrons. The second kappa shape index (κ2) is 3.94. The van der Waals surface area contributed by atoms with Crippen molar-refractivity contribution in [3.63, 3.8) is 0 Å². The van der Waals surface area contributed by atoms with Gasteiger partial charge in [-0.3, -0.25) is 0 Å². The standard InChI is InChI=1S/C9H11BrN2O3/c1-5-7(8(13)14)12(9(10)11-5)4-6-2-3-15-6/h6H,2-4H2,1H3,(H,13,14). The van der Waals surface area contributed by atoms with Crippen molar-refractivity contribution in [3.05, 3.63) is 16.1 Å². The third kappa shape index (κ3) is 1.91. The van der Waals surface area contributed by atoms with Crippen molar-refractivity contribution in [2.45, 2.75) is 26.0 Å². The SMILES string of the molecule is Cc1nc(Br)n(CC2CCO2)c1C(=O)O. The number of rotatable bonds is 3. The summed E-state index contributed by atoms with van der Waals surface area (Å²) in [5, 5.41) is 9.04. The van der Waals surface area contributed by atoms with Gasteiger partial charge >= 0.3 is 5.97 Å². The minimum atomic E-state index is -0.954. The van der Waals surface area contributed by atoms with Crippen LogP contribution >= 0.6 is 15.9 Å². The zero-order chi connectivity index (χ0) is 11.0. The summed E-state index contributed by atoms with van der Waals surface area (Å²) in [6.45, 7) is 2.99. The minimum absolute atomic E-state index is 0.119. The number of nitrogens with zero attached hydrogens (tertiary/aromatic N) is 2. The molecule has 1 aliphatic heterocycles. The number of imidazole rings is 1. The monoisotopic (exact) mass is 274 g/mol. The van der Waals surface area contributed by atoms with Crippen LogP contribution in [0.2, 0.25) is 0 Å². The van der Waals surface area contributed by atoms with Crippen LogP contribution in [0.3, 0.4) is 0 Å². The quantitative estimate of drug-likeness (QED) is 0.906. The van der Waals surface area contributed by atoms with Crippen LogP contribution in [0, 0.1) is 6.92 Å². The Labute approximate surface area is 95.2 Å². The lowest BCUT2D eigenvalue weighted by atomic mass is 10.2. The van der Waals surface area contributed by atoms with Gasteiger partial charge in [-0.25, -0.2) is 9.78 Å². The van der Waals surface area contributed by atoms with Gasteiger partial charge in [0.15, 0.2) is 10.4 Å². The molecule has 1 unspecified atom stereocenters. The lowest BCUT2D eigenvalue weighted by Crippen LogP contribution is -2.32. The zero-order valence-corrected chi connectivity index (χ0v) is 9.82. The summed E-state index contributed by atoms with van der Waals surface area (Å²) in [7, 11) is 0. The highest BCUT2D eigenvalue weighted by molar-refractivity contribution is 9.10. The largest absolute Gasteiger partial charge is 0.477 e. The van der Waals surface area contributed by atoms with Gasteiger partial charge in [0.1, 0.15) is 0 Å². The lowest BCUT2D eigenvalue weighted by molar-refractivity contribution is -0.0598. The molecule has 2 rings (SSSR count). The molecule has 1 atom stereocenters. The molecule has 6 heteroatoms. The topological polar surface area (TPSA) is 64.4 Å². The first-order valence-corrected chi connectivity index (χ1v) is 5.46. The molecule has 1 fully saturated rings. The van der Waals surface area contributed by atoms with E-state index in [0.717, 1.165) is 13.0 Å². The fourth-order valence-electron chi connectivity index (χ4n) is 1.61. The summed E-state index contributed by atoms with van der Waals surface area (Å²) in [5.41, 5.74) is 0.756. The van der Waals surface area contributed by atoms with Crippen molar-refractivity contribution in [1.82, 2.24) is 9.55 Å². The van der Waals surface area contributed by atoms with E-state index in [2.05, 4.69) is 20.9 Å². The van der Waals surface area contributed by atoms with Crippen molar-refractivity contribution in [2.24, 2.45) is 0 Å². The lowest BCUT2D eigenvalue weighted by Gasteiger charge is -2.27. The molecule has 1 N–H and O–H groups in total. The molecule has 82 valence electrons. The van der Waals surface area contributed by atoms with Crippen molar-refractivity contribution < 1.29 is 14.6 Å². The summed E-state index contributed by atoms with van der Waals surface area (Å²) in [4.78, 5) is 15.1. The normalized spacial score (nSPS) is 20.0. The zero-order valence-electron chi connectivity index (χ0n) is 8.23. The van der Waals surface area contributed by atoms with Crippen molar-refractivity contribution in [2.75, 3.05) is 6.61 Å². The number of aromatic carboxylic acids is 1. The van der Waals surface area contributed by atoms with Crippen LogP contribution in [-0.4, -0.2) is 33.3 Å². The second-order valence-corrected chi connectivity index (χ2v) is 4.22. The molecule has 0 saturated carbocycles. The maximum atomic E-state index is 11.0. The smallest absolute Gasteiger partial charge is 0.354 e. The van der Waals surface area contributed by atoms with Crippen LogP contribution in [0.4, 0.5) is 0 Å². The van der Waals surface area contributed by atoms with Gasteiger partial charge in [-0.15, -0.1) is 0 Å². The van der Waals surface area contributed by atoms with Gasteiger partial charge < -0.3 is 14.4 Å². The van der Waals surface area contributed by atoms with Gasteiger partial charge in [0.25, 0.3) is 0 Å². The molecular weight excluding hydrogens is 264 g/mol. The summed E-state index contributed by atoms with van der Waals surface area (Å²) >= 11 is 3.25. The average Bonchev–Trinajstić information content (AvgIpc) is 2.33. The van der Waals surface area contributed by atoms with Gasteiger partial charge in [-0.2, -0.15) is 0 Å². The van der Waals surface area contributed by atoms with Crippen LogP contribution in [0.1, 0.15) is 22.6 Å². The molecule has 1 aliphatic rings. The van der Waals surface area contributed by atoms with Gasteiger partial charge in [0.05, 0.1) is 18.3 Å². The Morgan fingerprint density at radius 2 is 2.47 bits per heavy atom. The summed E-state index contributed by atoms with van der Waals surface area (Å²) in [6, 6.07) is 0. The molecule has 5 nitrogen and oxygen atoms in total. The van der Waals surface area contributed by atoms with Crippen LogP contribution in [0.25, 0.3) is 0 Å². The van der Waals surface area contributed by atoms with E-state index in [4.69, 9.17) is 9.84 Å². The number of hydrogen-bond donors (Lipinski definition) is 1. The molecule has 0 spiro atoms. The van der Waals surface area contributed by atoms with Gasteiger partial charge in [-0.1, -0.05) is 0 Å². The summed E-state index contributed by atoms with van der Waals surface area (Å²) in [6.07, 6.45) is 1.09. The highest BCUT2D eigenvalue weighted by Crippen LogP contribution is 2.21. The van der Waals surface area contributed by atoms with Crippen molar-refractivity contribution in [1.29, 1.82) is 0 Å². The highest BCUT2D eigenvalue weighted by atomic mass is 79.9. The first-order valence-electron chi connectivity index (χ1n) is 4.67. The number of aryl methyl sites for hydroxylation is 1. The Hall–Kier alpha value is -0.880. The summed E-state index contributed by atoms with van der Waals surface area (Å²) in [5.74, 6) is -0.954. The predicted molar refractivity (Wildman–Crippen MR) is 56.0 cm³/mol. The number of carbonyl (C=O) groups is 1. The number of ether oxygens (including phenoxy) is 1. The van der Waals surface area contributed by atoms with Gasteiger partial charge in [0.2, 0.25) is 0 Å². The number of halogens is 1. The first-order chi connectivity index (χ1) is 7.09. The maximum Gasteiger partial charge on any atom is 0.354 e. The third-order valence-electron chi connectivity index (χ3n) is 2.48. The molecule has 2 heterocycles. The van der Waals surface area contributed by atoms with E-state index in [1.54, 1.807) is 11.5 Å². The molecule has 1 aromatic heterocycles. The van der Waals surface area contributed by atoms with Crippen LogP contribution < -0.4 is 0 Å². The Bertz CT molecular complexity index is 398. The molecule has 0 bridgehead atoms. The number of aromatic nitrogens is 2. The number of carboxylic acid groups (broad SMARTS) is 1. The van der Waals surface area contributed by atoms with E-state index < -0.39 is 5.97 Å². The molecule has 1 saturated heterocycles. The first kappa shape index (κ1) is 10.6. The molecule has 15 heavy (non-hydrogen) atoms. The Morgan fingerprint density at radius 3 is 2.93 bits per heavy atom. The number of carboxylic acids is 1. The highest BCUT2D eigenvalue weighted by Gasteiger charge is 2.24. The fourth-order valence-corrected chi connectivity index (χ4v) is 2.20. The predicted octanol–water partition coefficient (Wildman–Crippen LogP) is 1.44. The molecule has 0 aromatic carbocycles. The van der Waals surface area contributed by atoms with E-state index >= 15 is 0 Å². The van der Waals surface area contributed by atoms with E-state index in [9.17, 15) is 4.79 Å². The average molecular weight is 275 g/mol. The molecule has 1 aromatic rings. The summed E-state index contributed by atoms with van der Waals surface area (Å²) < 4.78 is 7.46. The van der Waals surface area contributed by atoms with Crippen LogP contribution in [-0.2, 0) is 11.3 Å². The van der Waals surface area contributed by atoms with E-state index in [1.165, 1.54) is 0 Å². The van der Waals surface area contributed by atoms with Crippen molar-refractivity contribution in [3.8, 4) is 0 Å². The Morgan fingerprint density at radius 1 is 1.80 bits per heavy atom. The Kier molecular flexibility index (Phi) is 2.79. The molecule has 0 amide bonds. The van der Waals surface area contributed by atoms with Crippen LogP contribution in [0.5, 0.6) is 0 Å².